The topological polar surface area (TPSA) is 84.9 Å². The van der Waals surface area contributed by atoms with Gasteiger partial charge in [0.2, 0.25) is 5.16 Å². The molecule has 6 nitrogen and oxygen atoms in total. The summed E-state index contributed by atoms with van der Waals surface area (Å²) < 4.78 is 5.12. The summed E-state index contributed by atoms with van der Waals surface area (Å²) in [5, 5.41) is 7.45. The number of ether oxygens (including phenoxy) is 1. The quantitative estimate of drug-likeness (QED) is 0.672. The Labute approximate surface area is 131 Å². The number of benzene rings is 1. The zero-order chi connectivity index (χ0) is 15.6. The number of esters is 1. The van der Waals surface area contributed by atoms with Crippen molar-refractivity contribution in [3.8, 4) is 11.4 Å². The largest absolute Gasteiger partial charge is 0.451 e. The van der Waals surface area contributed by atoms with Crippen molar-refractivity contribution in [1.82, 2.24) is 15.2 Å². The molecule has 3 rings (SSSR count). The first-order valence-corrected chi connectivity index (χ1v) is 7.91. The highest BCUT2D eigenvalue weighted by molar-refractivity contribution is 7.99. The van der Waals surface area contributed by atoms with E-state index in [1.165, 1.54) is 11.8 Å². The zero-order valence-corrected chi connectivity index (χ0v) is 12.9. The number of cyclic esters (lactones) is 1. The van der Waals surface area contributed by atoms with Crippen LogP contribution in [0.3, 0.4) is 0 Å². The summed E-state index contributed by atoms with van der Waals surface area (Å²) in [7, 11) is 0. The Kier molecular flexibility index (Phi) is 3.98. The molecule has 7 heteroatoms. The van der Waals surface area contributed by atoms with Gasteiger partial charge in [-0.1, -0.05) is 42.1 Å². The molecule has 0 amide bonds. The van der Waals surface area contributed by atoms with E-state index in [2.05, 4.69) is 15.2 Å². The Hall–Kier alpha value is -2.15. The number of thioether (sulfide) groups is 1. The van der Waals surface area contributed by atoms with Crippen LogP contribution in [0.2, 0.25) is 0 Å². The molecule has 1 N–H and O–H groups in total. The minimum atomic E-state index is -0.997. The number of aromatic nitrogens is 3. The second-order valence-corrected chi connectivity index (χ2v) is 6.19. The maximum Gasteiger partial charge on any atom is 0.306 e. The number of carbonyl (C=O) groups is 2. The Morgan fingerprint density at radius 2 is 2.18 bits per heavy atom. The van der Waals surface area contributed by atoms with E-state index in [4.69, 9.17) is 4.74 Å². The summed E-state index contributed by atoms with van der Waals surface area (Å²) in [5.41, 5.74) is -0.0623. The lowest BCUT2D eigenvalue weighted by Gasteiger charge is -2.19. The lowest BCUT2D eigenvalue weighted by atomic mass is 9.98. The van der Waals surface area contributed by atoms with Crippen molar-refractivity contribution in [3.63, 3.8) is 0 Å². The van der Waals surface area contributed by atoms with Gasteiger partial charge in [-0.05, 0) is 6.92 Å². The maximum absolute atomic E-state index is 12.2. The van der Waals surface area contributed by atoms with E-state index < -0.39 is 5.60 Å². The second-order valence-electron chi connectivity index (χ2n) is 5.25. The van der Waals surface area contributed by atoms with Gasteiger partial charge in [0, 0.05) is 18.4 Å². The van der Waals surface area contributed by atoms with Crippen molar-refractivity contribution in [3.05, 3.63) is 30.3 Å². The number of ketones is 1. The maximum atomic E-state index is 12.2. The van der Waals surface area contributed by atoms with E-state index in [0.717, 1.165) is 5.56 Å². The third kappa shape index (κ3) is 3.04. The van der Waals surface area contributed by atoms with Crippen molar-refractivity contribution in [2.75, 3.05) is 5.75 Å². The molecule has 0 aliphatic carbocycles. The van der Waals surface area contributed by atoms with E-state index in [1.807, 2.05) is 30.3 Å². The predicted molar refractivity (Wildman–Crippen MR) is 81.3 cm³/mol. The summed E-state index contributed by atoms with van der Waals surface area (Å²) >= 11 is 1.24. The number of hydrogen-bond donors (Lipinski definition) is 1. The number of Topliss-reactive ketones (excluding diaryl/α,β-unsaturated/α-hetero) is 1. The van der Waals surface area contributed by atoms with Gasteiger partial charge in [0.25, 0.3) is 0 Å². The SMILES string of the molecule is CC1(C(=O)CSc2n[nH]c(-c3ccccc3)n2)CCC(=O)O1. The molecule has 0 spiro atoms. The summed E-state index contributed by atoms with van der Waals surface area (Å²) in [4.78, 5) is 27.7. The highest BCUT2D eigenvalue weighted by atomic mass is 32.2. The van der Waals surface area contributed by atoms with Gasteiger partial charge < -0.3 is 4.74 Å². The fourth-order valence-corrected chi connectivity index (χ4v) is 3.04. The molecule has 1 aliphatic heterocycles. The van der Waals surface area contributed by atoms with E-state index >= 15 is 0 Å². The number of carbonyl (C=O) groups excluding carboxylic acids is 2. The van der Waals surface area contributed by atoms with Gasteiger partial charge >= 0.3 is 5.97 Å². The van der Waals surface area contributed by atoms with E-state index in [1.54, 1.807) is 6.92 Å². The number of H-pyrrole nitrogens is 1. The minimum Gasteiger partial charge on any atom is -0.451 e. The second kappa shape index (κ2) is 5.92. The van der Waals surface area contributed by atoms with Crippen LogP contribution < -0.4 is 0 Å². The van der Waals surface area contributed by atoms with Gasteiger partial charge in [0.05, 0.1) is 5.75 Å². The lowest BCUT2D eigenvalue weighted by molar-refractivity contribution is -0.154. The van der Waals surface area contributed by atoms with E-state index in [9.17, 15) is 9.59 Å². The van der Waals surface area contributed by atoms with Crippen LogP contribution in [0.1, 0.15) is 19.8 Å². The minimum absolute atomic E-state index is 0.116. The average molecular weight is 317 g/mol. The smallest absolute Gasteiger partial charge is 0.306 e. The van der Waals surface area contributed by atoms with Crippen LogP contribution in [0.5, 0.6) is 0 Å². The highest BCUT2D eigenvalue weighted by Crippen LogP contribution is 2.29. The molecule has 1 aliphatic rings. The standard InChI is InChI=1S/C15H15N3O3S/c1-15(8-7-12(20)21-15)11(19)9-22-14-16-13(17-18-14)10-5-3-2-4-6-10/h2-6H,7-9H2,1H3,(H,16,17,18). The normalized spacial score (nSPS) is 20.9. The molecule has 0 saturated carbocycles. The van der Waals surface area contributed by atoms with E-state index in [-0.39, 0.29) is 17.5 Å². The molecular weight excluding hydrogens is 302 g/mol. The Morgan fingerprint density at radius 1 is 1.41 bits per heavy atom. The molecule has 1 atom stereocenters. The van der Waals surface area contributed by atoms with Crippen LogP contribution in [-0.2, 0) is 14.3 Å². The third-order valence-electron chi connectivity index (χ3n) is 3.58. The molecule has 2 aromatic rings. The Balaban J connectivity index is 1.62. The van der Waals surface area contributed by atoms with Crippen LogP contribution in [0.15, 0.2) is 35.5 Å². The Bertz CT molecular complexity index is 701. The van der Waals surface area contributed by atoms with Crippen LogP contribution in [0.4, 0.5) is 0 Å². The van der Waals surface area contributed by atoms with Gasteiger partial charge in [-0.3, -0.25) is 14.7 Å². The van der Waals surface area contributed by atoms with Crippen molar-refractivity contribution in [2.24, 2.45) is 0 Å². The fraction of sp³-hybridized carbons (Fsp3) is 0.333. The van der Waals surface area contributed by atoms with Crippen molar-refractivity contribution < 1.29 is 14.3 Å². The van der Waals surface area contributed by atoms with Crippen LogP contribution >= 0.6 is 11.8 Å². The molecule has 1 unspecified atom stereocenters. The number of aromatic amines is 1. The fourth-order valence-electron chi connectivity index (χ4n) is 2.21. The first kappa shape index (κ1) is 14.8. The Morgan fingerprint density at radius 3 is 2.86 bits per heavy atom. The molecular formula is C15H15N3O3S. The molecule has 1 saturated heterocycles. The zero-order valence-electron chi connectivity index (χ0n) is 12.0. The molecule has 1 fully saturated rings. The molecule has 2 heterocycles. The highest BCUT2D eigenvalue weighted by Gasteiger charge is 2.42. The molecule has 1 aromatic heterocycles. The van der Waals surface area contributed by atoms with Crippen molar-refractivity contribution >= 4 is 23.5 Å². The van der Waals surface area contributed by atoms with Crippen LogP contribution in [0, 0.1) is 0 Å². The van der Waals surface area contributed by atoms with Gasteiger partial charge in [0.1, 0.15) is 0 Å². The molecule has 1 aromatic carbocycles. The monoisotopic (exact) mass is 317 g/mol. The molecule has 0 radical (unpaired) electrons. The van der Waals surface area contributed by atoms with Gasteiger partial charge in [-0.15, -0.1) is 5.10 Å². The first-order chi connectivity index (χ1) is 10.6. The third-order valence-corrected chi connectivity index (χ3v) is 4.43. The summed E-state index contributed by atoms with van der Waals surface area (Å²) in [5.74, 6) is 0.407. The number of rotatable bonds is 5. The van der Waals surface area contributed by atoms with Crippen LogP contribution in [-0.4, -0.2) is 38.3 Å². The van der Waals surface area contributed by atoms with Crippen molar-refractivity contribution in [2.45, 2.75) is 30.5 Å². The lowest BCUT2D eigenvalue weighted by Crippen LogP contribution is -2.36. The average Bonchev–Trinajstić information content (AvgIpc) is 3.13. The summed E-state index contributed by atoms with van der Waals surface area (Å²) in [6, 6.07) is 9.63. The van der Waals surface area contributed by atoms with E-state index in [0.29, 0.717) is 23.8 Å². The van der Waals surface area contributed by atoms with Gasteiger partial charge in [-0.25, -0.2) is 4.98 Å². The van der Waals surface area contributed by atoms with Crippen molar-refractivity contribution in [1.29, 1.82) is 0 Å². The molecule has 0 bridgehead atoms. The number of nitrogens with one attached hydrogen (secondary N) is 1. The number of nitrogens with zero attached hydrogens (tertiary/aromatic N) is 2. The molecule has 114 valence electrons. The predicted octanol–water partition coefficient (Wildman–Crippen LogP) is 2.23. The summed E-state index contributed by atoms with van der Waals surface area (Å²) in [6.07, 6.45) is 0.736. The van der Waals surface area contributed by atoms with Gasteiger partial charge in [-0.2, -0.15) is 0 Å². The number of hydrogen-bond acceptors (Lipinski definition) is 6. The first-order valence-electron chi connectivity index (χ1n) is 6.93. The summed E-state index contributed by atoms with van der Waals surface area (Å²) in [6.45, 7) is 1.66. The van der Waals surface area contributed by atoms with Gasteiger partial charge in [0.15, 0.2) is 17.2 Å². The van der Waals surface area contributed by atoms with Crippen LogP contribution in [0.25, 0.3) is 11.4 Å². The molecule has 22 heavy (non-hydrogen) atoms.